The van der Waals surface area contributed by atoms with Crippen molar-refractivity contribution in [1.82, 2.24) is 24.8 Å². The number of pyridine rings is 1. The van der Waals surface area contributed by atoms with Crippen LogP contribution in [0.3, 0.4) is 0 Å². The molecule has 4 rings (SSSR count). The maximum absolute atomic E-state index is 12.4. The molecule has 1 fully saturated rings. The van der Waals surface area contributed by atoms with Gasteiger partial charge in [-0.3, -0.25) is 0 Å². The number of alkyl halides is 3. The Kier molecular flexibility index (Phi) is 3.52. The van der Waals surface area contributed by atoms with Crippen LogP contribution in [0.4, 0.5) is 13.2 Å². The van der Waals surface area contributed by atoms with E-state index in [0.29, 0.717) is 6.42 Å². The number of imidazole rings is 1. The predicted molar refractivity (Wildman–Crippen MR) is 84.9 cm³/mol. The first-order chi connectivity index (χ1) is 11.4. The summed E-state index contributed by atoms with van der Waals surface area (Å²) in [7, 11) is 0. The van der Waals surface area contributed by atoms with E-state index in [0.717, 1.165) is 40.7 Å². The quantitative estimate of drug-likeness (QED) is 0.769. The number of halogens is 3. The molecule has 0 spiro atoms. The van der Waals surface area contributed by atoms with E-state index >= 15 is 0 Å². The van der Waals surface area contributed by atoms with E-state index in [1.807, 2.05) is 19.2 Å². The molecule has 0 unspecified atom stereocenters. The van der Waals surface area contributed by atoms with E-state index in [1.165, 1.54) is 0 Å². The molecule has 0 aromatic carbocycles. The Morgan fingerprint density at radius 3 is 3.00 bits per heavy atom. The molecule has 0 bridgehead atoms. The highest BCUT2D eigenvalue weighted by atomic mass is 19.4. The van der Waals surface area contributed by atoms with Gasteiger partial charge in [0.25, 0.3) is 0 Å². The molecule has 0 amide bonds. The highest BCUT2D eigenvalue weighted by Crippen LogP contribution is 2.36. The van der Waals surface area contributed by atoms with Gasteiger partial charge >= 0.3 is 6.18 Å². The number of hydrogen-bond acceptors (Lipinski definition) is 3. The third-order valence-corrected chi connectivity index (χ3v) is 4.77. The van der Waals surface area contributed by atoms with Gasteiger partial charge in [0, 0.05) is 23.7 Å². The lowest BCUT2D eigenvalue weighted by Gasteiger charge is -2.17. The number of aryl methyl sites for hydroxylation is 1. The Morgan fingerprint density at radius 1 is 1.38 bits per heavy atom. The van der Waals surface area contributed by atoms with Crippen LogP contribution in [0.25, 0.3) is 22.1 Å². The van der Waals surface area contributed by atoms with Crippen LogP contribution in [0, 0.1) is 6.92 Å². The van der Waals surface area contributed by atoms with Gasteiger partial charge in [-0.2, -0.15) is 13.2 Å². The maximum Gasteiger partial charge on any atom is 0.401 e. The topological polar surface area (TPSA) is 58.5 Å². The molecule has 0 aliphatic heterocycles. The first kappa shape index (κ1) is 15.4. The Bertz CT molecular complexity index is 879. The van der Waals surface area contributed by atoms with Gasteiger partial charge < -0.3 is 14.9 Å². The second-order valence-corrected chi connectivity index (χ2v) is 6.42. The van der Waals surface area contributed by atoms with E-state index in [4.69, 9.17) is 0 Å². The van der Waals surface area contributed by atoms with E-state index in [-0.39, 0.29) is 12.1 Å². The van der Waals surface area contributed by atoms with Gasteiger partial charge in [-0.25, -0.2) is 9.97 Å². The lowest BCUT2D eigenvalue weighted by atomic mass is 10.2. The summed E-state index contributed by atoms with van der Waals surface area (Å²) in [5.74, 6) is 0.877. The maximum atomic E-state index is 12.4. The zero-order chi connectivity index (χ0) is 16.9. The Labute approximate surface area is 136 Å². The average Bonchev–Trinajstić information content (AvgIpc) is 3.20. The first-order valence-electron chi connectivity index (χ1n) is 8.03. The Balaban J connectivity index is 1.65. The molecule has 3 aromatic rings. The van der Waals surface area contributed by atoms with E-state index in [2.05, 4.69) is 24.8 Å². The number of hydrogen-bond donors (Lipinski definition) is 2. The van der Waals surface area contributed by atoms with Crippen molar-refractivity contribution >= 4 is 22.1 Å². The van der Waals surface area contributed by atoms with E-state index in [1.54, 1.807) is 6.20 Å². The lowest BCUT2D eigenvalue weighted by molar-refractivity contribution is -0.126. The fourth-order valence-electron chi connectivity index (χ4n) is 3.79. The Hall–Kier alpha value is -2.09. The number of nitrogens with one attached hydrogen (secondary N) is 2. The van der Waals surface area contributed by atoms with E-state index in [9.17, 15) is 13.2 Å². The largest absolute Gasteiger partial charge is 0.401 e. The summed E-state index contributed by atoms with van der Waals surface area (Å²) in [6.45, 7) is 1.01. The van der Waals surface area contributed by atoms with Crippen LogP contribution in [-0.4, -0.2) is 38.3 Å². The zero-order valence-corrected chi connectivity index (χ0v) is 13.2. The molecule has 1 saturated carbocycles. The van der Waals surface area contributed by atoms with Crippen molar-refractivity contribution < 1.29 is 13.2 Å². The van der Waals surface area contributed by atoms with Crippen LogP contribution in [0.5, 0.6) is 0 Å². The fourth-order valence-corrected chi connectivity index (χ4v) is 3.79. The van der Waals surface area contributed by atoms with Gasteiger partial charge in [-0.1, -0.05) is 0 Å². The summed E-state index contributed by atoms with van der Waals surface area (Å²) in [6, 6.07) is 2.01. The minimum atomic E-state index is -4.17. The highest BCUT2D eigenvalue weighted by molar-refractivity contribution is 6.01. The summed E-state index contributed by atoms with van der Waals surface area (Å²) in [5.41, 5.74) is 2.64. The number of fused-ring (bicyclic) bond motifs is 3. The molecule has 3 heterocycles. The first-order valence-corrected chi connectivity index (χ1v) is 8.03. The van der Waals surface area contributed by atoms with Crippen LogP contribution < -0.4 is 5.32 Å². The van der Waals surface area contributed by atoms with Crippen molar-refractivity contribution in [2.45, 2.75) is 44.4 Å². The van der Waals surface area contributed by atoms with Gasteiger partial charge in [-0.05, 0) is 32.3 Å². The van der Waals surface area contributed by atoms with Crippen molar-refractivity contribution in [3.05, 3.63) is 24.3 Å². The smallest absolute Gasteiger partial charge is 0.346 e. The SMILES string of the molecule is Cc1nc2cnc3[nH]ccc3c2n1[C@H]1CC[C@H](NCC(F)(F)F)C1. The number of nitrogens with zero attached hydrogens (tertiary/aromatic N) is 3. The average molecular weight is 337 g/mol. The summed E-state index contributed by atoms with van der Waals surface area (Å²) in [5, 5.41) is 3.64. The standard InChI is InChI=1S/C16H18F3N5/c1-9-23-13-7-21-15-12(4-5-20-15)14(13)24(9)11-3-2-10(6-11)22-8-16(17,18)19/h4-5,7,10-11,22H,2-3,6,8H2,1H3,(H,20,21)/t10-,11-/m0/s1. The molecule has 2 atom stereocenters. The summed E-state index contributed by atoms with van der Waals surface area (Å²) in [6.07, 6.45) is 1.67. The third-order valence-electron chi connectivity index (χ3n) is 4.77. The second kappa shape index (κ2) is 5.47. The number of H-pyrrole nitrogens is 1. The van der Waals surface area contributed by atoms with Crippen LogP contribution >= 0.6 is 0 Å². The van der Waals surface area contributed by atoms with Crippen molar-refractivity contribution in [3.8, 4) is 0 Å². The molecule has 8 heteroatoms. The monoisotopic (exact) mass is 337 g/mol. The molecule has 3 aromatic heterocycles. The molecule has 1 aliphatic rings. The van der Waals surface area contributed by atoms with Crippen LogP contribution in [-0.2, 0) is 0 Å². The van der Waals surface area contributed by atoms with Gasteiger partial charge in [0.05, 0.1) is 18.3 Å². The summed E-state index contributed by atoms with van der Waals surface area (Å²) in [4.78, 5) is 12.0. The third kappa shape index (κ3) is 2.64. The van der Waals surface area contributed by atoms with Crippen molar-refractivity contribution in [1.29, 1.82) is 0 Å². The van der Waals surface area contributed by atoms with Gasteiger partial charge in [0.2, 0.25) is 0 Å². The minimum absolute atomic E-state index is 0.114. The second-order valence-electron chi connectivity index (χ2n) is 6.42. The fraction of sp³-hybridized carbons (Fsp3) is 0.500. The van der Waals surface area contributed by atoms with Crippen LogP contribution in [0.1, 0.15) is 31.1 Å². The minimum Gasteiger partial charge on any atom is -0.346 e. The Morgan fingerprint density at radius 2 is 2.21 bits per heavy atom. The lowest BCUT2D eigenvalue weighted by Crippen LogP contribution is -2.35. The zero-order valence-electron chi connectivity index (χ0n) is 13.2. The molecular formula is C16H18F3N5. The van der Waals surface area contributed by atoms with Crippen LogP contribution in [0.15, 0.2) is 18.5 Å². The van der Waals surface area contributed by atoms with Gasteiger partial charge in [-0.15, -0.1) is 0 Å². The number of aromatic amines is 1. The number of rotatable bonds is 3. The van der Waals surface area contributed by atoms with Crippen molar-refractivity contribution in [2.75, 3.05) is 6.54 Å². The van der Waals surface area contributed by atoms with Crippen LogP contribution in [0.2, 0.25) is 0 Å². The molecule has 0 radical (unpaired) electrons. The molecule has 5 nitrogen and oxygen atoms in total. The molecule has 24 heavy (non-hydrogen) atoms. The predicted octanol–water partition coefficient (Wildman–Crippen LogP) is 3.47. The molecule has 0 saturated heterocycles. The summed E-state index contributed by atoms with van der Waals surface area (Å²) < 4.78 is 39.4. The van der Waals surface area contributed by atoms with Crippen molar-refractivity contribution in [2.24, 2.45) is 0 Å². The summed E-state index contributed by atoms with van der Waals surface area (Å²) >= 11 is 0. The highest BCUT2D eigenvalue weighted by Gasteiger charge is 2.32. The molecule has 128 valence electrons. The molecular weight excluding hydrogens is 319 g/mol. The van der Waals surface area contributed by atoms with E-state index < -0.39 is 12.7 Å². The van der Waals surface area contributed by atoms with Gasteiger partial charge in [0.15, 0.2) is 0 Å². The molecule has 2 N–H and O–H groups in total. The van der Waals surface area contributed by atoms with Gasteiger partial charge in [0.1, 0.15) is 17.0 Å². The van der Waals surface area contributed by atoms with Crippen molar-refractivity contribution in [3.63, 3.8) is 0 Å². The number of aromatic nitrogens is 4. The molecule has 1 aliphatic carbocycles. The normalized spacial score (nSPS) is 22.0.